The predicted octanol–water partition coefficient (Wildman–Crippen LogP) is 2.68. The van der Waals surface area contributed by atoms with Crippen molar-refractivity contribution in [3.63, 3.8) is 0 Å². The predicted molar refractivity (Wildman–Crippen MR) is 72.8 cm³/mol. The van der Waals surface area contributed by atoms with Gasteiger partial charge >= 0.3 is 12.1 Å². The maximum Gasteiger partial charge on any atom is 0.438 e. The molecule has 118 valence electrons. The first-order valence-electron chi connectivity index (χ1n) is 6.37. The molecule has 1 aromatic carbocycles. The molecule has 0 fully saturated rings. The van der Waals surface area contributed by atoms with E-state index in [9.17, 15) is 22.8 Å². The van der Waals surface area contributed by atoms with Crippen LogP contribution in [0.1, 0.15) is 29.8 Å². The number of aryl methyl sites for hydroxylation is 2. The molecule has 0 unspecified atom stereocenters. The number of benzene rings is 1. The summed E-state index contributed by atoms with van der Waals surface area (Å²) in [7, 11) is 0. The number of halogens is 3. The van der Waals surface area contributed by atoms with Gasteiger partial charge in [-0.25, -0.2) is 9.78 Å². The summed E-state index contributed by atoms with van der Waals surface area (Å²) >= 11 is 0. The van der Waals surface area contributed by atoms with Crippen molar-refractivity contribution in [2.24, 2.45) is 0 Å². The van der Waals surface area contributed by atoms with Gasteiger partial charge in [0.1, 0.15) is 6.04 Å². The van der Waals surface area contributed by atoms with E-state index in [1.807, 2.05) is 0 Å². The molecule has 0 bridgehead atoms. The molecule has 1 heterocycles. The van der Waals surface area contributed by atoms with E-state index in [2.05, 4.69) is 4.98 Å². The molecule has 0 saturated carbocycles. The van der Waals surface area contributed by atoms with E-state index in [1.165, 1.54) is 12.1 Å². The molecular weight excluding hydrogens is 301 g/mol. The first kappa shape index (κ1) is 16.0. The number of nitrogens with zero attached hydrogens (tertiary/aromatic N) is 2. The molecule has 0 aliphatic rings. The Morgan fingerprint density at radius 1 is 1.27 bits per heavy atom. The second-order valence-electron chi connectivity index (χ2n) is 5.07. The lowest BCUT2D eigenvalue weighted by Crippen LogP contribution is -2.34. The topological polar surface area (TPSA) is 72.2 Å². The van der Waals surface area contributed by atoms with E-state index in [4.69, 9.17) is 5.11 Å². The summed E-state index contributed by atoms with van der Waals surface area (Å²) in [5.74, 6) is -1.40. The largest absolute Gasteiger partial charge is 0.480 e. The van der Waals surface area contributed by atoms with Crippen molar-refractivity contribution < 1.29 is 23.1 Å². The van der Waals surface area contributed by atoms with Crippen molar-refractivity contribution in [1.29, 1.82) is 0 Å². The maximum absolute atomic E-state index is 13.0. The number of rotatable bonds is 2. The van der Waals surface area contributed by atoms with Gasteiger partial charge in [-0.3, -0.25) is 9.36 Å². The van der Waals surface area contributed by atoms with Crippen LogP contribution in [0.15, 0.2) is 16.9 Å². The van der Waals surface area contributed by atoms with Crippen LogP contribution in [0.25, 0.3) is 11.0 Å². The summed E-state index contributed by atoms with van der Waals surface area (Å²) in [6.07, 6.45) is -4.95. The Kier molecular flexibility index (Phi) is 3.72. The van der Waals surface area contributed by atoms with Crippen LogP contribution in [0, 0.1) is 13.8 Å². The minimum atomic E-state index is -4.95. The van der Waals surface area contributed by atoms with E-state index in [1.54, 1.807) is 13.8 Å². The van der Waals surface area contributed by atoms with E-state index in [-0.39, 0.29) is 11.0 Å². The molecule has 5 nitrogen and oxygen atoms in total. The van der Waals surface area contributed by atoms with Gasteiger partial charge in [0.25, 0.3) is 5.56 Å². The van der Waals surface area contributed by atoms with Crippen LogP contribution in [0.2, 0.25) is 0 Å². The Balaban J connectivity index is 3.00. The lowest BCUT2D eigenvalue weighted by Gasteiger charge is -2.17. The van der Waals surface area contributed by atoms with Crippen LogP contribution in [0.3, 0.4) is 0 Å². The Morgan fingerprint density at radius 2 is 1.82 bits per heavy atom. The summed E-state index contributed by atoms with van der Waals surface area (Å²) in [5.41, 5.74) is -1.66. The number of alkyl halides is 3. The van der Waals surface area contributed by atoms with Crippen molar-refractivity contribution in [3.8, 4) is 0 Å². The highest BCUT2D eigenvalue weighted by atomic mass is 19.4. The van der Waals surface area contributed by atoms with Crippen molar-refractivity contribution >= 4 is 17.0 Å². The third kappa shape index (κ3) is 2.56. The Bertz CT molecular complexity index is 825. The molecule has 0 radical (unpaired) electrons. The molecule has 0 aliphatic heterocycles. The molecule has 0 spiro atoms. The minimum absolute atomic E-state index is 0.0657. The lowest BCUT2D eigenvalue weighted by atomic mass is 10.1. The third-order valence-electron chi connectivity index (χ3n) is 3.52. The highest BCUT2D eigenvalue weighted by Crippen LogP contribution is 2.28. The van der Waals surface area contributed by atoms with Crippen LogP contribution in [0.5, 0.6) is 0 Å². The lowest BCUT2D eigenvalue weighted by molar-refractivity contribution is -0.144. The molecule has 22 heavy (non-hydrogen) atoms. The smallest absolute Gasteiger partial charge is 0.438 e. The molecule has 1 N–H and O–H groups in total. The summed E-state index contributed by atoms with van der Waals surface area (Å²) < 4.78 is 39.6. The van der Waals surface area contributed by atoms with Crippen LogP contribution in [-0.2, 0) is 11.0 Å². The Labute approximate surface area is 123 Å². The average Bonchev–Trinajstić information content (AvgIpc) is 2.38. The average molecular weight is 314 g/mol. The van der Waals surface area contributed by atoms with Crippen molar-refractivity contribution in [2.75, 3.05) is 0 Å². The Hall–Kier alpha value is -2.38. The first-order valence-corrected chi connectivity index (χ1v) is 6.37. The molecule has 8 heteroatoms. The number of aromatic nitrogens is 2. The van der Waals surface area contributed by atoms with Crippen LogP contribution >= 0.6 is 0 Å². The second kappa shape index (κ2) is 5.11. The van der Waals surface area contributed by atoms with Gasteiger partial charge in [-0.05, 0) is 44.0 Å². The number of carboxylic acids is 1. The molecule has 0 saturated heterocycles. The number of aliphatic carboxylic acids is 1. The second-order valence-corrected chi connectivity index (χ2v) is 5.07. The summed E-state index contributed by atoms with van der Waals surface area (Å²) in [5, 5.41) is 9.08. The fourth-order valence-electron chi connectivity index (χ4n) is 2.14. The number of carboxylic acid groups (broad SMARTS) is 1. The quantitative estimate of drug-likeness (QED) is 0.925. The van der Waals surface area contributed by atoms with Gasteiger partial charge in [-0.15, -0.1) is 0 Å². The van der Waals surface area contributed by atoms with Gasteiger partial charge < -0.3 is 5.11 Å². The van der Waals surface area contributed by atoms with Gasteiger partial charge in [0.05, 0.1) is 11.0 Å². The monoisotopic (exact) mass is 314 g/mol. The fourth-order valence-corrected chi connectivity index (χ4v) is 2.14. The molecule has 1 aromatic heterocycles. The molecule has 0 aliphatic carbocycles. The number of hydrogen-bond donors (Lipinski definition) is 1. The van der Waals surface area contributed by atoms with Gasteiger partial charge in [0, 0.05) is 0 Å². The summed E-state index contributed by atoms with van der Waals surface area (Å²) in [6, 6.07) is 1.43. The number of hydrogen-bond acceptors (Lipinski definition) is 3. The van der Waals surface area contributed by atoms with Gasteiger partial charge in [0.2, 0.25) is 5.69 Å². The molecule has 0 amide bonds. The van der Waals surface area contributed by atoms with Gasteiger partial charge in [-0.2, -0.15) is 13.2 Å². The highest BCUT2D eigenvalue weighted by molar-refractivity contribution is 5.80. The third-order valence-corrected chi connectivity index (χ3v) is 3.52. The van der Waals surface area contributed by atoms with Crippen LogP contribution < -0.4 is 5.56 Å². The van der Waals surface area contributed by atoms with Gasteiger partial charge in [-0.1, -0.05) is 0 Å². The number of fused-ring (bicyclic) bond motifs is 1. The first-order chi connectivity index (χ1) is 10.0. The van der Waals surface area contributed by atoms with Gasteiger partial charge in [0.15, 0.2) is 0 Å². The highest BCUT2D eigenvalue weighted by Gasteiger charge is 2.38. The van der Waals surface area contributed by atoms with E-state index >= 15 is 0 Å². The van der Waals surface area contributed by atoms with Crippen LogP contribution in [-0.4, -0.2) is 20.6 Å². The number of carbonyl (C=O) groups is 1. The SMILES string of the molecule is Cc1cc2nc(C(F)(F)F)c(=O)n([C@@H](C)C(=O)O)c2cc1C. The van der Waals surface area contributed by atoms with Crippen molar-refractivity contribution in [3.05, 3.63) is 39.3 Å². The van der Waals surface area contributed by atoms with E-state index in [0.29, 0.717) is 10.1 Å². The standard InChI is InChI=1S/C14H13F3N2O3/c1-6-4-9-10(5-7(6)2)19(8(3)13(21)22)12(20)11(18-9)14(15,16)17/h4-5,8H,1-3H3,(H,21,22)/t8-/m0/s1. The molecule has 2 rings (SSSR count). The zero-order valence-corrected chi connectivity index (χ0v) is 12.0. The molecular formula is C14H13F3N2O3. The maximum atomic E-state index is 13.0. The molecule has 2 aromatic rings. The molecule has 1 atom stereocenters. The van der Waals surface area contributed by atoms with E-state index < -0.39 is 29.4 Å². The zero-order valence-electron chi connectivity index (χ0n) is 12.0. The minimum Gasteiger partial charge on any atom is -0.480 e. The van der Waals surface area contributed by atoms with Crippen LogP contribution in [0.4, 0.5) is 13.2 Å². The van der Waals surface area contributed by atoms with E-state index in [0.717, 1.165) is 12.5 Å². The zero-order chi connectivity index (χ0) is 16.8. The van der Waals surface area contributed by atoms with Crippen molar-refractivity contribution in [2.45, 2.75) is 33.0 Å². The summed E-state index contributed by atoms with van der Waals surface area (Å²) in [6.45, 7) is 4.56. The Morgan fingerprint density at radius 3 is 2.32 bits per heavy atom. The summed E-state index contributed by atoms with van der Waals surface area (Å²) in [4.78, 5) is 26.6. The van der Waals surface area contributed by atoms with Crippen molar-refractivity contribution in [1.82, 2.24) is 9.55 Å². The fraction of sp³-hybridized carbons (Fsp3) is 0.357. The normalized spacial score (nSPS) is 13.4.